The maximum atomic E-state index is 14.9. The van der Waals surface area contributed by atoms with E-state index in [1.165, 1.54) is 20.5 Å². The first-order chi connectivity index (χ1) is 21.8. The fourth-order valence-corrected chi connectivity index (χ4v) is 7.10. The van der Waals surface area contributed by atoms with Gasteiger partial charge < -0.3 is 14.4 Å². The molecule has 0 unspecified atom stereocenters. The van der Waals surface area contributed by atoms with Crippen LogP contribution in [-0.2, 0) is 20.9 Å². The van der Waals surface area contributed by atoms with E-state index in [2.05, 4.69) is 15.1 Å². The first kappa shape index (κ1) is 33.9. The number of carbonyl (C=O) groups is 1. The lowest BCUT2D eigenvalue weighted by Crippen LogP contribution is -2.60. The van der Waals surface area contributed by atoms with Crippen molar-refractivity contribution in [2.45, 2.75) is 31.3 Å². The zero-order valence-electron chi connectivity index (χ0n) is 26.5. The molecular formula is C32H38Cl2N6O5S. The Morgan fingerprint density at radius 3 is 2.02 bits per heavy atom. The van der Waals surface area contributed by atoms with Crippen LogP contribution in [-0.4, -0.2) is 104 Å². The number of aliphatic imine (C=N–C) groups is 1. The number of hydrogen-bond donors (Lipinski definition) is 0. The second kappa shape index (κ2) is 13.3. The summed E-state index contributed by atoms with van der Waals surface area (Å²) in [6.45, 7) is 6.75. The Labute approximate surface area is 280 Å². The van der Waals surface area contributed by atoms with E-state index in [1.807, 2.05) is 55.1 Å². The highest BCUT2D eigenvalue weighted by Crippen LogP contribution is 2.54. The number of piperazine rings is 1. The molecule has 2 atom stereocenters. The van der Waals surface area contributed by atoms with Crippen LogP contribution >= 0.6 is 23.2 Å². The van der Waals surface area contributed by atoms with Crippen molar-refractivity contribution in [2.24, 2.45) is 4.99 Å². The molecule has 0 radical (unpaired) electrons. The van der Waals surface area contributed by atoms with Crippen LogP contribution in [0.3, 0.4) is 0 Å². The predicted octanol–water partition coefficient (Wildman–Crippen LogP) is 4.87. The standard InChI is InChI=1S/C32H38Cl2N6O5S/c1-31(22-7-11-24(33)12-8-22)32(2,23-9-13-25(34)14-10-23)40(28(35-31)26-21-27(44-3)36-37-29(26)45-4)30(41)39-18-16-38(17-19-39)15-6-20-46(5,42)43/h7-14,21H,6,15-20H2,1-5H3/t31-,32-/m0/s1. The fourth-order valence-electron chi connectivity index (χ4n) is 6.20. The van der Waals surface area contributed by atoms with Gasteiger partial charge in [-0.2, -0.15) is 0 Å². The number of amides is 2. The number of methoxy groups -OCH3 is 2. The molecule has 5 rings (SSSR count). The highest BCUT2D eigenvalue weighted by atomic mass is 35.5. The number of rotatable bonds is 9. The van der Waals surface area contributed by atoms with Crippen LogP contribution in [0.15, 0.2) is 59.6 Å². The summed E-state index contributed by atoms with van der Waals surface area (Å²) >= 11 is 12.7. The monoisotopic (exact) mass is 688 g/mol. The predicted molar refractivity (Wildman–Crippen MR) is 179 cm³/mol. The van der Waals surface area contributed by atoms with Crippen molar-refractivity contribution in [3.05, 3.63) is 81.3 Å². The van der Waals surface area contributed by atoms with Gasteiger partial charge in [0.05, 0.1) is 25.5 Å². The summed E-state index contributed by atoms with van der Waals surface area (Å²) in [5, 5.41) is 9.45. The third kappa shape index (κ3) is 6.53. The maximum Gasteiger partial charge on any atom is 0.326 e. The number of ether oxygens (including phenoxy) is 2. The second-order valence-electron chi connectivity index (χ2n) is 11.8. The lowest BCUT2D eigenvalue weighted by molar-refractivity contribution is 0.0868. The van der Waals surface area contributed by atoms with Gasteiger partial charge in [0.2, 0.25) is 11.8 Å². The van der Waals surface area contributed by atoms with Gasteiger partial charge in [-0.05, 0) is 62.2 Å². The van der Waals surface area contributed by atoms with Crippen molar-refractivity contribution in [2.75, 3.05) is 59.0 Å². The minimum absolute atomic E-state index is 0.133. The highest BCUT2D eigenvalue weighted by Gasteiger charge is 2.60. The van der Waals surface area contributed by atoms with Crippen LogP contribution in [0.2, 0.25) is 10.0 Å². The number of nitrogens with zero attached hydrogens (tertiary/aromatic N) is 6. The molecule has 2 amide bonds. The summed E-state index contributed by atoms with van der Waals surface area (Å²) in [6.07, 6.45) is 1.79. The van der Waals surface area contributed by atoms with Crippen LogP contribution in [0.4, 0.5) is 4.79 Å². The Morgan fingerprint density at radius 1 is 0.891 bits per heavy atom. The van der Waals surface area contributed by atoms with E-state index in [4.69, 9.17) is 37.7 Å². The van der Waals surface area contributed by atoms with Crippen molar-refractivity contribution >= 4 is 44.9 Å². The van der Waals surface area contributed by atoms with Gasteiger partial charge in [-0.25, -0.2) is 13.2 Å². The Kier molecular flexibility index (Phi) is 9.84. The number of hydrogen-bond acceptors (Lipinski definition) is 9. The van der Waals surface area contributed by atoms with Crippen LogP contribution in [0.5, 0.6) is 11.8 Å². The topological polar surface area (TPSA) is 118 Å². The van der Waals surface area contributed by atoms with E-state index in [-0.39, 0.29) is 23.5 Å². The number of urea groups is 1. The molecule has 0 aliphatic carbocycles. The van der Waals surface area contributed by atoms with Crippen molar-refractivity contribution in [3.63, 3.8) is 0 Å². The van der Waals surface area contributed by atoms with Gasteiger partial charge in [0.25, 0.3) is 0 Å². The first-order valence-corrected chi connectivity index (χ1v) is 17.7. The second-order valence-corrected chi connectivity index (χ2v) is 15.0. The number of carbonyl (C=O) groups excluding carboxylic acids is 1. The van der Waals surface area contributed by atoms with E-state index in [0.717, 1.165) is 11.1 Å². The molecule has 2 aromatic carbocycles. The molecule has 2 aliphatic heterocycles. The van der Waals surface area contributed by atoms with Crippen LogP contribution in [0.1, 0.15) is 37.0 Å². The largest absolute Gasteiger partial charge is 0.480 e. The summed E-state index contributed by atoms with van der Waals surface area (Å²) in [6, 6.07) is 16.3. The molecule has 14 heteroatoms. The molecule has 0 bridgehead atoms. The summed E-state index contributed by atoms with van der Waals surface area (Å²) in [5.41, 5.74) is -0.00299. The van der Waals surface area contributed by atoms with Gasteiger partial charge in [0.15, 0.2) is 0 Å². The van der Waals surface area contributed by atoms with Gasteiger partial charge >= 0.3 is 6.03 Å². The Morgan fingerprint density at radius 2 is 1.48 bits per heavy atom. The average Bonchev–Trinajstić information content (AvgIpc) is 3.28. The third-order valence-electron chi connectivity index (χ3n) is 8.95. The molecule has 0 saturated carbocycles. The molecule has 0 N–H and O–H groups in total. The SMILES string of the molecule is COc1cc(C2=N[C@@](C)(c3ccc(Cl)cc3)[C@](C)(c3ccc(Cl)cc3)N2C(=O)N2CCN(CCCS(C)(=O)=O)CC2)c(OC)nn1. The lowest BCUT2D eigenvalue weighted by Gasteiger charge is -2.47. The summed E-state index contributed by atoms with van der Waals surface area (Å²) < 4.78 is 34.3. The Hall–Kier alpha value is -3.45. The fraction of sp³-hybridized carbons (Fsp3) is 0.438. The molecule has 46 heavy (non-hydrogen) atoms. The maximum absolute atomic E-state index is 14.9. The number of sulfone groups is 1. The highest BCUT2D eigenvalue weighted by molar-refractivity contribution is 7.90. The lowest BCUT2D eigenvalue weighted by atomic mass is 9.71. The van der Waals surface area contributed by atoms with E-state index < -0.39 is 20.9 Å². The molecule has 2 aliphatic rings. The van der Waals surface area contributed by atoms with Gasteiger partial charge in [0, 0.05) is 48.5 Å². The molecule has 0 spiro atoms. The molecule has 1 aromatic heterocycles. The molecule has 1 fully saturated rings. The van der Waals surface area contributed by atoms with E-state index in [0.29, 0.717) is 60.6 Å². The zero-order valence-corrected chi connectivity index (χ0v) is 28.9. The number of aromatic nitrogens is 2. The smallest absolute Gasteiger partial charge is 0.326 e. The van der Waals surface area contributed by atoms with Gasteiger partial charge in [-0.15, -0.1) is 10.2 Å². The Bertz CT molecular complexity index is 1720. The normalized spacial score (nSPS) is 22.1. The van der Waals surface area contributed by atoms with E-state index >= 15 is 0 Å². The molecule has 1 saturated heterocycles. The minimum atomic E-state index is -3.04. The quantitative estimate of drug-likeness (QED) is 0.313. The first-order valence-electron chi connectivity index (χ1n) is 14.9. The van der Waals surface area contributed by atoms with Gasteiger partial charge in [-0.1, -0.05) is 47.5 Å². The molecule has 3 heterocycles. The molecular weight excluding hydrogens is 651 g/mol. The molecule has 246 valence electrons. The summed E-state index contributed by atoms with van der Waals surface area (Å²) in [4.78, 5) is 26.0. The summed E-state index contributed by atoms with van der Waals surface area (Å²) in [7, 11) is -0.0592. The van der Waals surface area contributed by atoms with Gasteiger partial charge in [-0.3, -0.25) is 14.8 Å². The van der Waals surface area contributed by atoms with Crippen molar-refractivity contribution in [1.29, 1.82) is 0 Å². The van der Waals surface area contributed by atoms with Crippen LogP contribution in [0, 0.1) is 0 Å². The summed E-state index contributed by atoms with van der Waals surface area (Å²) in [5.74, 6) is 0.905. The Balaban J connectivity index is 1.62. The number of halogens is 2. The van der Waals surface area contributed by atoms with E-state index in [9.17, 15) is 13.2 Å². The zero-order chi connectivity index (χ0) is 33.3. The van der Waals surface area contributed by atoms with E-state index in [1.54, 1.807) is 23.1 Å². The van der Waals surface area contributed by atoms with Crippen molar-refractivity contribution < 1.29 is 22.7 Å². The van der Waals surface area contributed by atoms with Crippen LogP contribution < -0.4 is 9.47 Å². The molecule has 11 nitrogen and oxygen atoms in total. The van der Waals surface area contributed by atoms with Gasteiger partial charge in [0.1, 0.15) is 26.8 Å². The average molecular weight is 690 g/mol. The molecule has 3 aromatic rings. The number of benzene rings is 2. The third-order valence-corrected chi connectivity index (χ3v) is 10.5. The van der Waals surface area contributed by atoms with Crippen molar-refractivity contribution in [3.8, 4) is 11.8 Å². The minimum Gasteiger partial charge on any atom is -0.480 e. The van der Waals surface area contributed by atoms with Crippen LogP contribution in [0.25, 0.3) is 0 Å². The number of amidine groups is 1. The van der Waals surface area contributed by atoms with Crippen molar-refractivity contribution in [1.82, 2.24) is 24.9 Å².